The minimum absolute atomic E-state index is 0.0401. The Balaban J connectivity index is 1.54. The highest BCUT2D eigenvalue weighted by molar-refractivity contribution is 9.11. The summed E-state index contributed by atoms with van der Waals surface area (Å²) in [4.78, 5) is 25.1. The number of hydrazine groups is 1. The van der Waals surface area contributed by atoms with E-state index in [9.17, 15) is 9.59 Å². The molecule has 32 heavy (non-hydrogen) atoms. The van der Waals surface area contributed by atoms with Crippen molar-refractivity contribution in [3.8, 4) is 5.75 Å². The van der Waals surface area contributed by atoms with Gasteiger partial charge in [0.15, 0.2) is 11.7 Å². The zero-order chi connectivity index (χ0) is 22.9. The van der Waals surface area contributed by atoms with Crippen molar-refractivity contribution in [2.75, 3.05) is 6.61 Å². The minimum atomic E-state index is -0.540. The number of hydrogen-bond acceptors (Lipinski definition) is 4. The van der Waals surface area contributed by atoms with Crippen LogP contribution in [-0.4, -0.2) is 23.5 Å². The molecule has 6 nitrogen and oxygen atoms in total. The van der Waals surface area contributed by atoms with Crippen molar-refractivity contribution in [1.29, 1.82) is 0 Å². The van der Waals surface area contributed by atoms with Crippen LogP contribution in [0.25, 0.3) is 0 Å². The normalized spacial score (nSPS) is 10.3. The molecule has 0 saturated heterocycles. The molecule has 0 spiro atoms. The number of rotatable bonds is 6. The fourth-order valence-corrected chi connectivity index (χ4v) is 4.23. The summed E-state index contributed by atoms with van der Waals surface area (Å²) in [5.41, 5.74) is 6.82. The first kappa shape index (κ1) is 23.9. The number of nitrogens with one attached hydrogen (secondary N) is 3. The third kappa shape index (κ3) is 6.88. The van der Waals surface area contributed by atoms with E-state index in [-0.39, 0.29) is 17.6 Å². The van der Waals surface area contributed by atoms with E-state index in [0.29, 0.717) is 10.2 Å². The molecule has 0 atom stereocenters. The summed E-state index contributed by atoms with van der Waals surface area (Å²) in [5, 5.41) is 2.43. The zero-order valence-electron chi connectivity index (χ0n) is 16.7. The Kier molecular flexibility index (Phi) is 8.78. The summed E-state index contributed by atoms with van der Waals surface area (Å²) < 4.78 is 7.07. The zero-order valence-corrected chi connectivity index (χ0v) is 20.7. The Morgan fingerprint density at radius 2 is 1.47 bits per heavy atom. The van der Waals surface area contributed by atoms with E-state index in [1.165, 1.54) is 0 Å². The topological polar surface area (TPSA) is 79.5 Å². The van der Waals surface area contributed by atoms with E-state index >= 15 is 0 Å². The molecular formula is C23H19Br2N3O3S. The van der Waals surface area contributed by atoms with Crippen LogP contribution in [0.2, 0.25) is 0 Å². The van der Waals surface area contributed by atoms with Crippen molar-refractivity contribution in [3.63, 3.8) is 0 Å². The van der Waals surface area contributed by atoms with Gasteiger partial charge < -0.3 is 4.74 Å². The number of hydrogen-bond donors (Lipinski definition) is 3. The molecule has 3 N–H and O–H groups in total. The van der Waals surface area contributed by atoms with Gasteiger partial charge in [-0.2, -0.15) is 0 Å². The predicted octanol–water partition coefficient (Wildman–Crippen LogP) is 4.44. The summed E-state index contributed by atoms with van der Waals surface area (Å²) in [5.74, 6) is -0.797. The van der Waals surface area contributed by atoms with Gasteiger partial charge in [-0.1, -0.05) is 76.6 Å². The lowest BCUT2D eigenvalue weighted by Gasteiger charge is -2.19. The van der Waals surface area contributed by atoms with Crippen molar-refractivity contribution in [1.82, 2.24) is 16.2 Å². The van der Waals surface area contributed by atoms with Crippen LogP contribution in [0.1, 0.15) is 17.0 Å². The second-order valence-corrected chi connectivity index (χ2v) is 8.79. The number of ether oxygens (including phenoxy) is 1. The lowest BCUT2D eigenvalue weighted by atomic mass is 9.91. The Morgan fingerprint density at radius 1 is 0.875 bits per heavy atom. The highest BCUT2D eigenvalue weighted by Gasteiger charge is 2.22. The molecule has 164 valence electrons. The van der Waals surface area contributed by atoms with E-state index in [4.69, 9.17) is 17.0 Å². The van der Waals surface area contributed by atoms with E-state index in [2.05, 4.69) is 48.0 Å². The molecule has 0 unspecified atom stereocenters. The van der Waals surface area contributed by atoms with Gasteiger partial charge in [0.1, 0.15) is 5.75 Å². The number of carbonyl (C=O) groups excluding carboxylic acids is 2. The molecule has 0 saturated carbocycles. The van der Waals surface area contributed by atoms with Crippen LogP contribution in [0, 0.1) is 0 Å². The fourth-order valence-electron chi connectivity index (χ4n) is 2.91. The standard InChI is InChI=1S/C23H19Br2N3O3S/c24-17-11-12-19(18(25)13-17)31-14-20(29)26-23(32)28-27-22(30)21(15-7-3-1-4-8-15)16-9-5-2-6-10-16/h1-13,21H,14H2,(H,27,30)(H2,26,28,29,32). The Hall–Kier alpha value is -2.75. The van der Waals surface area contributed by atoms with E-state index in [0.717, 1.165) is 15.6 Å². The van der Waals surface area contributed by atoms with Crippen molar-refractivity contribution >= 4 is 61.0 Å². The molecule has 2 amide bonds. The summed E-state index contributed by atoms with van der Waals surface area (Å²) >= 11 is 11.8. The van der Waals surface area contributed by atoms with Crippen LogP contribution in [0.4, 0.5) is 0 Å². The molecule has 0 aliphatic heterocycles. The average Bonchev–Trinajstić information content (AvgIpc) is 2.79. The van der Waals surface area contributed by atoms with Crippen LogP contribution >= 0.6 is 44.1 Å². The fraction of sp³-hybridized carbons (Fsp3) is 0.0870. The highest BCUT2D eigenvalue weighted by Crippen LogP contribution is 2.28. The van der Waals surface area contributed by atoms with E-state index in [1.807, 2.05) is 66.7 Å². The Labute approximate surface area is 208 Å². The van der Waals surface area contributed by atoms with Crippen molar-refractivity contribution in [2.45, 2.75) is 5.92 Å². The minimum Gasteiger partial charge on any atom is -0.483 e. The van der Waals surface area contributed by atoms with Crippen molar-refractivity contribution in [2.24, 2.45) is 0 Å². The number of halogens is 2. The van der Waals surface area contributed by atoms with Crippen LogP contribution < -0.4 is 20.9 Å². The predicted molar refractivity (Wildman–Crippen MR) is 134 cm³/mol. The molecule has 0 bridgehead atoms. The molecule has 0 fully saturated rings. The summed E-state index contributed by atoms with van der Waals surface area (Å²) in [7, 11) is 0. The average molecular weight is 577 g/mol. The number of benzene rings is 3. The molecule has 0 aromatic heterocycles. The smallest absolute Gasteiger partial charge is 0.264 e. The lowest BCUT2D eigenvalue weighted by molar-refractivity contribution is -0.123. The molecular weight excluding hydrogens is 558 g/mol. The lowest BCUT2D eigenvalue weighted by Crippen LogP contribution is -2.50. The first-order valence-electron chi connectivity index (χ1n) is 9.51. The molecule has 0 heterocycles. The third-order valence-electron chi connectivity index (χ3n) is 4.33. The third-order valence-corrected chi connectivity index (χ3v) is 5.65. The van der Waals surface area contributed by atoms with Crippen LogP contribution in [0.5, 0.6) is 5.75 Å². The molecule has 3 rings (SSSR count). The second kappa shape index (κ2) is 11.8. The first-order valence-corrected chi connectivity index (χ1v) is 11.5. The Morgan fingerprint density at radius 3 is 2.03 bits per heavy atom. The van der Waals surface area contributed by atoms with Gasteiger partial charge in [-0.3, -0.25) is 25.8 Å². The quantitative estimate of drug-likeness (QED) is 0.299. The van der Waals surface area contributed by atoms with Gasteiger partial charge in [0, 0.05) is 4.47 Å². The van der Waals surface area contributed by atoms with Gasteiger partial charge in [-0.25, -0.2) is 0 Å². The number of thiocarbonyl (C=S) groups is 1. The maximum absolute atomic E-state index is 12.9. The molecule has 3 aromatic rings. The Bertz CT molecular complexity index is 1060. The molecule has 9 heteroatoms. The van der Waals surface area contributed by atoms with Crippen molar-refractivity contribution < 1.29 is 14.3 Å². The van der Waals surface area contributed by atoms with Crippen molar-refractivity contribution in [3.05, 3.63) is 98.9 Å². The maximum Gasteiger partial charge on any atom is 0.264 e. The summed E-state index contributed by atoms with van der Waals surface area (Å²) in [6.07, 6.45) is 0. The molecule has 0 aliphatic rings. The number of amides is 2. The van der Waals surface area contributed by atoms with Gasteiger partial charge >= 0.3 is 0 Å². The maximum atomic E-state index is 12.9. The summed E-state index contributed by atoms with van der Waals surface area (Å²) in [6.45, 7) is -0.243. The first-order chi connectivity index (χ1) is 15.4. The van der Waals surface area contributed by atoms with Gasteiger partial charge in [-0.15, -0.1) is 0 Å². The van der Waals surface area contributed by atoms with Gasteiger partial charge in [-0.05, 0) is 57.5 Å². The summed E-state index contributed by atoms with van der Waals surface area (Å²) in [6, 6.07) is 24.2. The van der Waals surface area contributed by atoms with Gasteiger partial charge in [0.05, 0.1) is 10.4 Å². The number of carbonyl (C=O) groups is 2. The van der Waals surface area contributed by atoms with Crippen LogP contribution in [0.15, 0.2) is 87.8 Å². The molecule has 0 radical (unpaired) electrons. The van der Waals surface area contributed by atoms with E-state index in [1.54, 1.807) is 12.1 Å². The van der Waals surface area contributed by atoms with Crippen LogP contribution in [-0.2, 0) is 9.59 Å². The van der Waals surface area contributed by atoms with Gasteiger partial charge in [0.2, 0.25) is 5.91 Å². The second-order valence-electron chi connectivity index (χ2n) is 6.61. The van der Waals surface area contributed by atoms with Gasteiger partial charge in [0.25, 0.3) is 5.91 Å². The highest BCUT2D eigenvalue weighted by atomic mass is 79.9. The largest absolute Gasteiger partial charge is 0.483 e. The van der Waals surface area contributed by atoms with Crippen LogP contribution in [0.3, 0.4) is 0 Å². The monoisotopic (exact) mass is 575 g/mol. The SMILES string of the molecule is O=C(COc1ccc(Br)cc1Br)NC(=S)NNC(=O)C(c1ccccc1)c1ccccc1. The molecule has 3 aromatic carbocycles. The molecule has 0 aliphatic carbocycles. The van der Waals surface area contributed by atoms with E-state index < -0.39 is 11.8 Å².